The maximum absolute atomic E-state index is 14.4. The van der Waals surface area contributed by atoms with Crippen LogP contribution in [0.25, 0.3) is 27.6 Å². The second kappa shape index (κ2) is 10.7. The number of amides is 2. The van der Waals surface area contributed by atoms with Crippen molar-refractivity contribution >= 4 is 28.5 Å². The van der Waals surface area contributed by atoms with Gasteiger partial charge in [0.25, 0.3) is 12.3 Å². The van der Waals surface area contributed by atoms with E-state index in [0.717, 1.165) is 33.0 Å². The van der Waals surface area contributed by atoms with Crippen LogP contribution in [0.5, 0.6) is 0 Å². The Kier molecular flexibility index (Phi) is 7.77. The van der Waals surface area contributed by atoms with Crippen LogP contribution in [0.15, 0.2) is 42.6 Å². The molecule has 0 saturated heterocycles. The average molecular weight is 543 g/mol. The molecule has 0 aliphatic carbocycles. The zero-order chi connectivity index (χ0) is 28.6. The zero-order valence-corrected chi connectivity index (χ0v) is 23.0. The average Bonchev–Trinajstić information content (AvgIpc) is 3.48. The number of hydrogen-bond acceptors (Lipinski definition) is 4. The topological polar surface area (TPSA) is 67.7 Å². The molecule has 7 nitrogen and oxygen atoms in total. The Morgan fingerprint density at radius 3 is 2.49 bits per heavy atom. The Labute approximate surface area is 225 Å². The van der Waals surface area contributed by atoms with Crippen LogP contribution in [0.3, 0.4) is 0 Å². The highest BCUT2D eigenvalue weighted by atomic mass is 19.3. The van der Waals surface area contributed by atoms with E-state index >= 15 is 0 Å². The summed E-state index contributed by atoms with van der Waals surface area (Å²) in [5, 5.41) is 5.09. The van der Waals surface area contributed by atoms with Crippen LogP contribution >= 0.6 is 0 Å². The van der Waals surface area contributed by atoms with Crippen LogP contribution in [0, 0.1) is 5.82 Å². The quantitative estimate of drug-likeness (QED) is 0.376. The summed E-state index contributed by atoms with van der Waals surface area (Å²) in [5.41, 5.74) is 2.81. The lowest BCUT2D eigenvalue weighted by Gasteiger charge is -2.27. The van der Waals surface area contributed by atoms with Crippen molar-refractivity contribution in [2.24, 2.45) is 7.05 Å². The summed E-state index contributed by atoms with van der Waals surface area (Å²) in [4.78, 5) is 28.8. The molecule has 2 aromatic carbocycles. The van der Waals surface area contributed by atoms with Gasteiger partial charge in [0.2, 0.25) is 0 Å². The van der Waals surface area contributed by atoms with E-state index in [4.69, 9.17) is 4.74 Å². The molecular weight excluding hydrogens is 509 g/mol. The van der Waals surface area contributed by atoms with Crippen molar-refractivity contribution < 1.29 is 27.5 Å². The molecule has 39 heavy (non-hydrogen) atoms. The Hall–Kier alpha value is -3.82. The lowest BCUT2D eigenvalue weighted by Crippen LogP contribution is -2.40. The Morgan fingerprint density at radius 1 is 1.13 bits per heavy atom. The van der Waals surface area contributed by atoms with Gasteiger partial charge < -0.3 is 14.5 Å². The van der Waals surface area contributed by atoms with Gasteiger partial charge in [0.05, 0.1) is 23.8 Å². The lowest BCUT2D eigenvalue weighted by molar-refractivity contribution is 0.0306. The first-order chi connectivity index (χ1) is 18.2. The first kappa shape index (κ1) is 28.2. The number of rotatable bonds is 6. The van der Waals surface area contributed by atoms with Gasteiger partial charge in [-0.1, -0.05) is 12.1 Å². The number of hydrogen-bond donors (Lipinski definition) is 0. The minimum atomic E-state index is -2.73. The molecule has 0 atom stereocenters. The molecule has 208 valence electrons. The summed E-state index contributed by atoms with van der Waals surface area (Å²) in [7, 11) is 1.78. The molecule has 0 fully saturated rings. The maximum atomic E-state index is 14.4. The molecule has 1 aliphatic heterocycles. The van der Waals surface area contributed by atoms with Crippen LogP contribution in [0.4, 0.5) is 18.0 Å². The van der Waals surface area contributed by atoms with Gasteiger partial charge in [-0.2, -0.15) is 5.10 Å². The fourth-order valence-electron chi connectivity index (χ4n) is 4.65. The molecule has 0 radical (unpaired) electrons. The fraction of sp³-hybridized carbons (Fsp3) is 0.414. The third kappa shape index (κ3) is 6.10. The van der Waals surface area contributed by atoms with E-state index in [-0.39, 0.29) is 5.56 Å². The summed E-state index contributed by atoms with van der Waals surface area (Å²) in [6.07, 6.45) is 0.436. The molecule has 10 heteroatoms. The molecule has 1 aliphatic rings. The molecule has 0 bridgehead atoms. The van der Waals surface area contributed by atoms with Crippen LogP contribution in [0.1, 0.15) is 50.5 Å². The smallest absolute Gasteiger partial charge is 0.410 e. The van der Waals surface area contributed by atoms with Gasteiger partial charge in [-0.25, -0.2) is 18.0 Å². The molecular formula is C29H33F3N4O3. The normalized spacial score (nSPS) is 13.9. The van der Waals surface area contributed by atoms with E-state index in [2.05, 4.69) is 5.10 Å². The van der Waals surface area contributed by atoms with E-state index in [1.165, 1.54) is 12.1 Å². The Balaban J connectivity index is 1.80. The summed E-state index contributed by atoms with van der Waals surface area (Å²) in [5.74, 6) is -1.33. The van der Waals surface area contributed by atoms with E-state index in [1.807, 2.05) is 18.2 Å². The fourth-order valence-corrected chi connectivity index (χ4v) is 4.65. The lowest BCUT2D eigenvalue weighted by atomic mass is 9.92. The first-order valence-corrected chi connectivity index (χ1v) is 12.8. The van der Waals surface area contributed by atoms with Gasteiger partial charge >= 0.3 is 6.09 Å². The zero-order valence-electron chi connectivity index (χ0n) is 23.0. The van der Waals surface area contributed by atoms with Gasteiger partial charge in [-0.3, -0.25) is 9.48 Å². The van der Waals surface area contributed by atoms with Crippen LogP contribution in [0.2, 0.25) is 0 Å². The second-order valence-corrected chi connectivity index (χ2v) is 10.9. The number of aryl methyl sites for hydroxylation is 1. The Bertz CT molecular complexity index is 1440. The number of ether oxygens (including phenoxy) is 1. The van der Waals surface area contributed by atoms with Crippen molar-refractivity contribution in [2.75, 3.05) is 19.6 Å². The summed E-state index contributed by atoms with van der Waals surface area (Å²) >= 11 is 0. The number of carbonyl (C=O) groups is 2. The molecule has 0 unspecified atom stereocenters. The van der Waals surface area contributed by atoms with Gasteiger partial charge in [0.15, 0.2) is 0 Å². The minimum absolute atomic E-state index is 0.0116. The molecule has 1 aromatic heterocycles. The predicted octanol–water partition coefficient (Wildman–Crippen LogP) is 6.13. The van der Waals surface area contributed by atoms with Gasteiger partial charge in [-0.05, 0) is 81.1 Å². The van der Waals surface area contributed by atoms with Crippen LogP contribution < -0.4 is 0 Å². The first-order valence-electron chi connectivity index (χ1n) is 12.8. The SMILES string of the molecule is CC(C)N(CC(F)F)C(=O)c1cc(F)ccc1-c1cc(C2=CCN(C(=O)OC(C)(C)C)C2)cc2c1cnn2C. The number of benzene rings is 2. The second-order valence-electron chi connectivity index (χ2n) is 10.9. The van der Waals surface area contributed by atoms with Crippen molar-refractivity contribution in [3.63, 3.8) is 0 Å². The molecule has 0 N–H and O–H groups in total. The van der Waals surface area contributed by atoms with Gasteiger partial charge in [-0.15, -0.1) is 0 Å². The third-order valence-corrected chi connectivity index (χ3v) is 6.53. The minimum Gasteiger partial charge on any atom is -0.444 e. The van der Waals surface area contributed by atoms with E-state index in [1.54, 1.807) is 57.4 Å². The molecule has 3 aromatic rings. The number of halogens is 3. The highest BCUT2D eigenvalue weighted by Crippen LogP contribution is 2.36. The summed E-state index contributed by atoms with van der Waals surface area (Å²) < 4.78 is 48.3. The van der Waals surface area contributed by atoms with Crippen molar-refractivity contribution in [1.82, 2.24) is 19.6 Å². The number of nitrogens with zero attached hydrogens (tertiary/aromatic N) is 4. The predicted molar refractivity (Wildman–Crippen MR) is 144 cm³/mol. The molecule has 0 saturated carbocycles. The van der Waals surface area contributed by atoms with Crippen LogP contribution in [-0.2, 0) is 11.8 Å². The van der Waals surface area contributed by atoms with E-state index < -0.39 is 42.4 Å². The maximum Gasteiger partial charge on any atom is 0.410 e. The van der Waals surface area contributed by atoms with Crippen molar-refractivity contribution in [3.05, 3.63) is 59.5 Å². The number of alkyl halides is 2. The number of carbonyl (C=O) groups excluding carboxylic acids is 2. The molecule has 0 spiro atoms. The largest absolute Gasteiger partial charge is 0.444 e. The molecule has 2 amide bonds. The van der Waals surface area contributed by atoms with E-state index in [0.29, 0.717) is 24.2 Å². The Morgan fingerprint density at radius 2 is 1.85 bits per heavy atom. The summed E-state index contributed by atoms with van der Waals surface area (Å²) in [6.45, 7) is 8.64. The summed E-state index contributed by atoms with van der Waals surface area (Å²) in [6, 6.07) is 7.11. The monoisotopic (exact) mass is 542 g/mol. The van der Waals surface area contributed by atoms with Gasteiger partial charge in [0.1, 0.15) is 11.4 Å². The highest BCUT2D eigenvalue weighted by Gasteiger charge is 2.28. The van der Waals surface area contributed by atoms with E-state index in [9.17, 15) is 22.8 Å². The number of aromatic nitrogens is 2. The molecule has 2 heterocycles. The molecule has 4 rings (SSSR count). The number of fused-ring (bicyclic) bond motifs is 1. The van der Waals surface area contributed by atoms with Crippen molar-refractivity contribution in [1.29, 1.82) is 0 Å². The third-order valence-electron chi connectivity index (χ3n) is 6.53. The van der Waals surface area contributed by atoms with Crippen molar-refractivity contribution in [3.8, 4) is 11.1 Å². The van der Waals surface area contributed by atoms with Crippen LogP contribution in [-0.4, -0.2) is 69.3 Å². The van der Waals surface area contributed by atoms with Crippen molar-refractivity contribution in [2.45, 2.75) is 52.7 Å². The highest BCUT2D eigenvalue weighted by molar-refractivity contribution is 6.06. The standard InChI is InChI=1S/C29H33F3N4O3/c1-17(2)36(16-26(31)32)27(37)23-13-20(30)7-8-21(23)22-11-19(12-25-24(22)14-33-34(25)6)18-9-10-35(15-18)28(38)39-29(3,4)5/h7-9,11-14,17,26H,10,15-16H2,1-6H3. The van der Waals surface area contributed by atoms with Gasteiger partial charge in [0, 0.05) is 31.6 Å².